The van der Waals surface area contributed by atoms with E-state index in [1.807, 2.05) is 47.4 Å². The molecule has 3 aliphatic heterocycles. The van der Waals surface area contributed by atoms with Gasteiger partial charge in [-0.05, 0) is 60.4 Å². The van der Waals surface area contributed by atoms with E-state index in [-0.39, 0.29) is 36.6 Å². The number of hydrogen-bond acceptors (Lipinski definition) is 6. The summed E-state index contributed by atoms with van der Waals surface area (Å²) in [4.78, 5) is 30.5. The standard InChI is InChI=1S/C28H24FN5O4/c29-19-8-5-17(6-9-19)25-26(18-7-10-23-24(15-18)38-16-37-23)33(27(25)35)20-11-13-32(14-12-20)28(36)34-22-4-2-1-3-21(22)30-31-34/h1-10,15,20,25-26H,11-14,16H2/t25-,26-/m0/s1. The molecule has 0 radical (unpaired) electrons. The minimum Gasteiger partial charge on any atom is -0.454 e. The quantitative estimate of drug-likeness (QED) is 0.383. The molecule has 3 aliphatic rings. The molecule has 0 spiro atoms. The van der Waals surface area contributed by atoms with Gasteiger partial charge in [-0.2, -0.15) is 4.68 Å². The maximum absolute atomic E-state index is 13.6. The molecule has 10 heteroatoms. The minimum atomic E-state index is -0.419. The highest BCUT2D eigenvalue weighted by Gasteiger charge is 2.52. The van der Waals surface area contributed by atoms with Crippen molar-refractivity contribution in [1.29, 1.82) is 0 Å². The molecule has 2 amide bonds. The van der Waals surface area contributed by atoms with E-state index in [1.165, 1.54) is 16.8 Å². The van der Waals surface area contributed by atoms with Crippen LogP contribution in [0.4, 0.5) is 9.18 Å². The van der Waals surface area contributed by atoms with Crippen LogP contribution in [0.2, 0.25) is 0 Å². The smallest absolute Gasteiger partial charge is 0.346 e. The first-order valence-electron chi connectivity index (χ1n) is 12.7. The van der Waals surface area contributed by atoms with Crippen molar-refractivity contribution in [3.05, 3.63) is 83.7 Å². The van der Waals surface area contributed by atoms with Gasteiger partial charge in [0.05, 0.1) is 17.5 Å². The third-order valence-electron chi connectivity index (χ3n) is 7.76. The number of ether oxygens (including phenoxy) is 2. The summed E-state index contributed by atoms with van der Waals surface area (Å²) in [5.74, 6) is 0.578. The summed E-state index contributed by atoms with van der Waals surface area (Å²) >= 11 is 0. The SMILES string of the molecule is O=C1[C@@H](c2ccc(F)cc2)[C@H](c2ccc3c(c2)OCO3)N1C1CCN(C(=O)n2nnc3ccccc32)CC1. The number of aromatic nitrogens is 3. The summed E-state index contributed by atoms with van der Waals surface area (Å²) in [6.45, 7) is 1.16. The van der Waals surface area contributed by atoms with Gasteiger partial charge in [-0.3, -0.25) is 4.79 Å². The van der Waals surface area contributed by atoms with Crippen LogP contribution in [0.25, 0.3) is 11.0 Å². The second-order valence-electron chi connectivity index (χ2n) is 9.82. The van der Waals surface area contributed by atoms with Crippen LogP contribution in [0, 0.1) is 5.82 Å². The zero-order chi connectivity index (χ0) is 25.8. The van der Waals surface area contributed by atoms with Crippen LogP contribution < -0.4 is 9.47 Å². The van der Waals surface area contributed by atoms with Crippen molar-refractivity contribution in [2.24, 2.45) is 0 Å². The van der Waals surface area contributed by atoms with Crippen molar-refractivity contribution >= 4 is 23.0 Å². The highest BCUT2D eigenvalue weighted by atomic mass is 19.1. The van der Waals surface area contributed by atoms with Crippen LogP contribution >= 0.6 is 0 Å². The fourth-order valence-electron chi connectivity index (χ4n) is 5.84. The second-order valence-corrected chi connectivity index (χ2v) is 9.82. The van der Waals surface area contributed by atoms with Gasteiger partial charge in [-0.15, -0.1) is 5.10 Å². The summed E-state index contributed by atoms with van der Waals surface area (Å²) in [5, 5.41) is 8.15. The molecular formula is C28H24FN5O4. The Labute approximate surface area is 217 Å². The number of likely N-dealkylation sites (tertiary alicyclic amines) is 2. The van der Waals surface area contributed by atoms with Gasteiger partial charge in [0.15, 0.2) is 11.5 Å². The number of piperidine rings is 1. The van der Waals surface area contributed by atoms with Crippen LogP contribution in [0.5, 0.6) is 11.5 Å². The molecule has 4 aromatic rings. The minimum absolute atomic E-state index is 0.00585. The van der Waals surface area contributed by atoms with Crippen molar-refractivity contribution < 1.29 is 23.5 Å². The molecule has 4 heterocycles. The number of fused-ring (bicyclic) bond motifs is 2. The highest BCUT2D eigenvalue weighted by Crippen LogP contribution is 2.50. The monoisotopic (exact) mass is 513 g/mol. The Morgan fingerprint density at radius 2 is 1.66 bits per heavy atom. The van der Waals surface area contributed by atoms with Gasteiger partial charge in [0, 0.05) is 19.1 Å². The number of amides is 2. The third kappa shape index (κ3) is 3.59. The van der Waals surface area contributed by atoms with E-state index in [4.69, 9.17) is 9.47 Å². The van der Waals surface area contributed by atoms with Crippen molar-refractivity contribution in [2.75, 3.05) is 19.9 Å². The lowest BCUT2D eigenvalue weighted by molar-refractivity contribution is -0.156. The van der Waals surface area contributed by atoms with E-state index in [0.29, 0.717) is 48.5 Å². The summed E-state index contributed by atoms with van der Waals surface area (Å²) in [6, 6.07) is 18.8. The molecule has 2 fully saturated rings. The van der Waals surface area contributed by atoms with Gasteiger partial charge >= 0.3 is 6.03 Å². The Morgan fingerprint density at radius 1 is 0.921 bits per heavy atom. The predicted octanol–water partition coefficient (Wildman–Crippen LogP) is 4.10. The number of carbonyl (C=O) groups is 2. The Morgan fingerprint density at radius 3 is 2.47 bits per heavy atom. The number of hydrogen-bond donors (Lipinski definition) is 0. The summed E-state index contributed by atoms with van der Waals surface area (Å²) < 4.78 is 26.0. The number of benzene rings is 3. The van der Waals surface area contributed by atoms with Crippen LogP contribution in [0.15, 0.2) is 66.7 Å². The lowest BCUT2D eigenvalue weighted by Crippen LogP contribution is -2.60. The molecule has 2 saturated heterocycles. The molecule has 192 valence electrons. The molecule has 0 N–H and O–H groups in total. The summed E-state index contributed by atoms with van der Waals surface area (Å²) in [5.41, 5.74) is 3.06. The van der Waals surface area contributed by atoms with Gasteiger partial charge in [0.25, 0.3) is 0 Å². The lowest BCUT2D eigenvalue weighted by Gasteiger charge is -2.53. The Balaban J connectivity index is 1.13. The van der Waals surface area contributed by atoms with E-state index in [0.717, 1.165) is 11.1 Å². The first-order valence-corrected chi connectivity index (χ1v) is 12.7. The van der Waals surface area contributed by atoms with Gasteiger partial charge in [-0.1, -0.05) is 35.5 Å². The molecule has 2 atom stereocenters. The van der Waals surface area contributed by atoms with Gasteiger partial charge in [0.1, 0.15) is 11.3 Å². The van der Waals surface area contributed by atoms with Crippen molar-refractivity contribution in [3.8, 4) is 11.5 Å². The maximum Gasteiger partial charge on any atom is 0.346 e. The van der Waals surface area contributed by atoms with Crippen molar-refractivity contribution in [3.63, 3.8) is 0 Å². The number of halogens is 1. The molecule has 0 saturated carbocycles. The number of carbonyl (C=O) groups excluding carboxylic acids is 2. The average molecular weight is 514 g/mol. The lowest BCUT2D eigenvalue weighted by atomic mass is 9.75. The molecule has 3 aromatic carbocycles. The predicted molar refractivity (Wildman–Crippen MR) is 134 cm³/mol. The van der Waals surface area contributed by atoms with Crippen molar-refractivity contribution in [1.82, 2.24) is 24.8 Å². The molecule has 7 rings (SSSR count). The fourth-order valence-corrected chi connectivity index (χ4v) is 5.84. The van der Waals surface area contributed by atoms with E-state index in [9.17, 15) is 14.0 Å². The van der Waals surface area contributed by atoms with Crippen molar-refractivity contribution in [2.45, 2.75) is 30.8 Å². The van der Waals surface area contributed by atoms with Gasteiger partial charge in [-0.25, -0.2) is 9.18 Å². The van der Waals surface area contributed by atoms with E-state index >= 15 is 0 Å². The molecule has 1 aromatic heterocycles. The van der Waals surface area contributed by atoms with E-state index in [1.54, 1.807) is 17.0 Å². The molecule has 38 heavy (non-hydrogen) atoms. The summed E-state index contributed by atoms with van der Waals surface area (Å²) in [7, 11) is 0. The largest absolute Gasteiger partial charge is 0.454 e. The molecule has 0 aliphatic carbocycles. The van der Waals surface area contributed by atoms with E-state index < -0.39 is 5.92 Å². The van der Waals surface area contributed by atoms with Gasteiger partial charge < -0.3 is 19.3 Å². The first kappa shape index (κ1) is 22.7. The topological polar surface area (TPSA) is 89.8 Å². The normalized spacial score (nSPS) is 21.1. The fraction of sp³-hybridized carbons (Fsp3) is 0.286. The van der Waals surface area contributed by atoms with Gasteiger partial charge in [0.2, 0.25) is 12.7 Å². The Bertz CT molecular complexity index is 1550. The zero-order valence-electron chi connectivity index (χ0n) is 20.4. The molecule has 0 unspecified atom stereocenters. The van der Waals surface area contributed by atoms with Crippen LogP contribution in [-0.4, -0.2) is 62.7 Å². The molecule has 9 nitrogen and oxygen atoms in total. The second kappa shape index (κ2) is 8.83. The van der Waals surface area contributed by atoms with Crippen LogP contribution in [0.3, 0.4) is 0 Å². The summed E-state index contributed by atoms with van der Waals surface area (Å²) in [6.07, 6.45) is 1.28. The Kier molecular flexibility index (Phi) is 5.27. The number of rotatable bonds is 3. The number of nitrogens with zero attached hydrogens (tertiary/aromatic N) is 5. The zero-order valence-corrected chi connectivity index (χ0v) is 20.4. The van der Waals surface area contributed by atoms with E-state index in [2.05, 4.69) is 10.3 Å². The van der Waals surface area contributed by atoms with Crippen LogP contribution in [-0.2, 0) is 4.79 Å². The number of β-lactam (4-membered cyclic amide) rings is 1. The van der Waals surface area contributed by atoms with Crippen LogP contribution in [0.1, 0.15) is 35.9 Å². The maximum atomic E-state index is 13.6. The molecular weight excluding hydrogens is 489 g/mol. The highest BCUT2D eigenvalue weighted by molar-refractivity contribution is 5.92. The average Bonchev–Trinajstić information content (AvgIpc) is 3.59. The third-order valence-corrected chi connectivity index (χ3v) is 7.76. The molecule has 0 bridgehead atoms. The number of para-hydroxylation sites is 1. The Hall–Kier alpha value is -4.47. The first-order chi connectivity index (χ1) is 18.6.